The van der Waals surface area contributed by atoms with E-state index in [2.05, 4.69) is 16.0 Å². The van der Waals surface area contributed by atoms with Gasteiger partial charge in [0.05, 0.1) is 18.7 Å². The van der Waals surface area contributed by atoms with Crippen LogP contribution in [0.1, 0.15) is 45.2 Å². The Morgan fingerprint density at radius 2 is 1.91 bits per heavy atom. The Balaban J connectivity index is 1.79. The highest BCUT2D eigenvalue weighted by atomic mass is 16.5. The molecule has 0 aliphatic carbocycles. The van der Waals surface area contributed by atoms with Crippen molar-refractivity contribution < 1.29 is 14.3 Å². The first kappa shape index (κ1) is 21.3. The second-order valence-electron chi connectivity index (χ2n) is 8.64. The molecule has 2 aromatic carbocycles. The van der Waals surface area contributed by atoms with Gasteiger partial charge in [-0.25, -0.2) is 4.98 Å². The molecule has 0 saturated carbocycles. The molecule has 4 aromatic rings. The normalized spacial score (nSPS) is 14.2. The van der Waals surface area contributed by atoms with Crippen LogP contribution in [0.25, 0.3) is 33.1 Å². The zero-order valence-electron chi connectivity index (χ0n) is 19.2. The van der Waals surface area contributed by atoms with Gasteiger partial charge in [0.15, 0.2) is 5.78 Å². The average molecular weight is 442 g/mol. The number of carbonyl (C=O) groups excluding carboxylic acids is 2. The van der Waals surface area contributed by atoms with Crippen molar-refractivity contribution in [1.29, 1.82) is 0 Å². The molecule has 0 atom stereocenters. The van der Waals surface area contributed by atoms with Crippen molar-refractivity contribution >= 4 is 33.6 Å². The SMILES string of the molecule is CCC(=O)c1cccc(-c2cc(C(=O)N3CCOCC3)c(C)c3[nH]c4ncc(C)cc4c23)c1. The fourth-order valence-corrected chi connectivity index (χ4v) is 4.65. The molecule has 0 radical (unpaired) electrons. The van der Waals surface area contributed by atoms with Crippen molar-refractivity contribution in [3.05, 3.63) is 64.8 Å². The van der Waals surface area contributed by atoms with Crippen molar-refractivity contribution in [2.24, 2.45) is 0 Å². The van der Waals surface area contributed by atoms with Gasteiger partial charge in [0.2, 0.25) is 0 Å². The number of hydrogen-bond acceptors (Lipinski definition) is 4. The molecule has 5 rings (SSSR count). The first-order valence-electron chi connectivity index (χ1n) is 11.4. The van der Waals surface area contributed by atoms with E-state index < -0.39 is 0 Å². The van der Waals surface area contributed by atoms with Crippen molar-refractivity contribution in [3.8, 4) is 11.1 Å². The summed E-state index contributed by atoms with van der Waals surface area (Å²) in [5.41, 5.74) is 6.85. The van der Waals surface area contributed by atoms with Gasteiger partial charge in [-0.1, -0.05) is 25.1 Å². The first-order valence-corrected chi connectivity index (χ1v) is 11.4. The van der Waals surface area contributed by atoms with Gasteiger partial charge in [0.1, 0.15) is 5.65 Å². The predicted octanol–water partition coefficient (Wildman–Crippen LogP) is 5.07. The number of amides is 1. The van der Waals surface area contributed by atoms with Gasteiger partial charge in [-0.2, -0.15) is 0 Å². The molecule has 1 N–H and O–H groups in total. The first-order chi connectivity index (χ1) is 16.0. The zero-order valence-corrected chi connectivity index (χ0v) is 19.2. The number of fused-ring (bicyclic) bond motifs is 3. The highest BCUT2D eigenvalue weighted by Crippen LogP contribution is 2.38. The third-order valence-corrected chi connectivity index (χ3v) is 6.47. The Labute approximate surface area is 192 Å². The third kappa shape index (κ3) is 3.70. The summed E-state index contributed by atoms with van der Waals surface area (Å²) in [6.45, 7) is 8.15. The van der Waals surface area contributed by atoms with Crippen LogP contribution in [0.3, 0.4) is 0 Å². The van der Waals surface area contributed by atoms with Crippen LogP contribution in [0.15, 0.2) is 42.6 Å². The molecular formula is C27H27N3O3. The lowest BCUT2D eigenvalue weighted by molar-refractivity contribution is 0.0302. The molecule has 0 bridgehead atoms. The molecule has 1 fully saturated rings. The molecule has 33 heavy (non-hydrogen) atoms. The van der Waals surface area contributed by atoms with E-state index in [1.165, 1.54) is 0 Å². The number of aryl methyl sites for hydroxylation is 2. The Kier molecular flexibility index (Phi) is 5.46. The molecule has 2 aromatic heterocycles. The van der Waals surface area contributed by atoms with Gasteiger partial charge in [0, 0.05) is 47.6 Å². The molecule has 0 spiro atoms. The van der Waals surface area contributed by atoms with Crippen LogP contribution < -0.4 is 0 Å². The average Bonchev–Trinajstić information content (AvgIpc) is 3.23. The molecule has 3 heterocycles. The second kappa shape index (κ2) is 8.45. The minimum Gasteiger partial charge on any atom is -0.378 e. The summed E-state index contributed by atoms with van der Waals surface area (Å²) in [5.74, 6) is 0.101. The summed E-state index contributed by atoms with van der Waals surface area (Å²) in [4.78, 5) is 35.8. The Morgan fingerprint density at radius 3 is 2.67 bits per heavy atom. The molecule has 6 heteroatoms. The summed E-state index contributed by atoms with van der Waals surface area (Å²) in [6.07, 6.45) is 2.29. The number of hydrogen-bond donors (Lipinski definition) is 1. The summed E-state index contributed by atoms with van der Waals surface area (Å²) < 4.78 is 5.44. The quantitative estimate of drug-likeness (QED) is 0.449. The molecule has 6 nitrogen and oxygen atoms in total. The summed E-state index contributed by atoms with van der Waals surface area (Å²) >= 11 is 0. The van der Waals surface area contributed by atoms with Crippen LogP contribution in [0.2, 0.25) is 0 Å². The monoisotopic (exact) mass is 441 g/mol. The van der Waals surface area contributed by atoms with E-state index in [-0.39, 0.29) is 11.7 Å². The highest BCUT2D eigenvalue weighted by Gasteiger charge is 2.24. The number of Topliss-reactive ketones (excluding diaryl/α,β-unsaturated/α-hetero) is 1. The van der Waals surface area contributed by atoms with Gasteiger partial charge in [-0.05, 0) is 54.3 Å². The smallest absolute Gasteiger partial charge is 0.254 e. The standard InChI is InChI=1S/C27H27N3O3/c1-4-23(31)19-7-5-6-18(13-19)21-14-20(27(32)30-8-10-33-11-9-30)17(3)25-24(21)22-12-16(2)15-28-26(22)29-25/h5-7,12-15H,4,8-11H2,1-3H3,(H,28,29). The summed E-state index contributed by atoms with van der Waals surface area (Å²) in [5, 5.41) is 2.04. The van der Waals surface area contributed by atoms with Gasteiger partial charge >= 0.3 is 0 Å². The molecular weight excluding hydrogens is 414 g/mol. The molecule has 1 aliphatic rings. The van der Waals surface area contributed by atoms with E-state index in [0.29, 0.717) is 43.9 Å². The number of pyridine rings is 1. The Morgan fingerprint density at radius 1 is 1.12 bits per heavy atom. The maximum atomic E-state index is 13.5. The number of morpholine rings is 1. The molecule has 1 aliphatic heterocycles. The highest BCUT2D eigenvalue weighted by molar-refractivity contribution is 6.17. The number of rotatable bonds is 4. The van der Waals surface area contributed by atoms with E-state index in [0.717, 1.165) is 44.2 Å². The largest absolute Gasteiger partial charge is 0.378 e. The zero-order chi connectivity index (χ0) is 23.1. The lowest BCUT2D eigenvalue weighted by atomic mass is 9.92. The number of H-pyrrole nitrogens is 1. The minimum atomic E-state index is 0.00235. The van der Waals surface area contributed by atoms with Gasteiger partial charge in [0.25, 0.3) is 5.91 Å². The number of carbonyl (C=O) groups is 2. The number of nitrogens with zero attached hydrogens (tertiary/aromatic N) is 2. The number of benzene rings is 2. The van der Waals surface area contributed by atoms with E-state index in [1.807, 2.05) is 62.2 Å². The summed E-state index contributed by atoms with van der Waals surface area (Å²) in [7, 11) is 0. The topological polar surface area (TPSA) is 75.3 Å². The lowest BCUT2D eigenvalue weighted by Gasteiger charge is -2.27. The fourth-order valence-electron chi connectivity index (χ4n) is 4.65. The predicted molar refractivity (Wildman–Crippen MR) is 130 cm³/mol. The van der Waals surface area contributed by atoms with Crippen LogP contribution in [0.4, 0.5) is 0 Å². The number of ketones is 1. The van der Waals surface area contributed by atoms with Gasteiger partial charge in [-0.15, -0.1) is 0 Å². The number of aromatic amines is 1. The van der Waals surface area contributed by atoms with Crippen LogP contribution in [0.5, 0.6) is 0 Å². The van der Waals surface area contributed by atoms with Gasteiger partial charge < -0.3 is 14.6 Å². The molecule has 1 amide bonds. The van der Waals surface area contributed by atoms with E-state index in [9.17, 15) is 9.59 Å². The third-order valence-electron chi connectivity index (χ3n) is 6.47. The van der Waals surface area contributed by atoms with Crippen molar-refractivity contribution in [1.82, 2.24) is 14.9 Å². The van der Waals surface area contributed by atoms with E-state index in [4.69, 9.17) is 4.74 Å². The molecule has 168 valence electrons. The Hall–Kier alpha value is -3.51. The number of nitrogens with one attached hydrogen (secondary N) is 1. The maximum absolute atomic E-state index is 13.5. The minimum absolute atomic E-state index is 0.00235. The van der Waals surface area contributed by atoms with Crippen LogP contribution in [-0.4, -0.2) is 52.9 Å². The maximum Gasteiger partial charge on any atom is 0.254 e. The van der Waals surface area contributed by atoms with Crippen LogP contribution in [0, 0.1) is 13.8 Å². The second-order valence-corrected chi connectivity index (χ2v) is 8.64. The number of aromatic nitrogens is 2. The van der Waals surface area contributed by atoms with Gasteiger partial charge in [-0.3, -0.25) is 9.59 Å². The summed E-state index contributed by atoms with van der Waals surface area (Å²) in [6, 6.07) is 11.8. The Bertz CT molecular complexity index is 1400. The van der Waals surface area contributed by atoms with Crippen molar-refractivity contribution in [2.45, 2.75) is 27.2 Å². The fraction of sp³-hybridized carbons (Fsp3) is 0.296. The van der Waals surface area contributed by atoms with Crippen molar-refractivity contribution in [3.63, 3.8) is 0 Å². The molecule has 0 unspecified atom stereocenters. The number of ether oxygens (including phenoxy) is 1. The van der Waals surface area contributed by atoms with Crippen LogP contribution >= 0.6 is 0 Å². The van der Waals surface area contributed by atoms with E-state index in [1.54, 1.807) is 0 Å². The molecule has 1 saturated heterocycles. The van der Waals surface area contributed by atoms with Crippen molar-refractivity contribution in [2.75, 3.05) is 26.3 Å². The lowest BCUT2D eigenvalue weighted by Crippen LogP contribution is -2.41. The van der Waals surface area contributed by atoms with E-state index >= 15 is 0 Å². The van der Waals surface area contributed by atoms with Crippen LogP contribution in [-0.2, 0) is 4.74 Å².